The molecular weight excluding hydrogens is 138 g/mol. The molecule has 1 atom stereocenters. The molecule has 2 nitrogen and oxygen atoms in total. The number of nitrogens with zero attached hydrogens (tertiary/aromatic N) is 1. The number of hydrogen-bond donors (Lipinski definition) is 1. The Balaban J connectivity index is 2.18. The molecule has 1 heterocycles. The summed E-state index contributed by atoms with van der Waals surface area (Å²) >= 11 is 0. The van der Waals surface area contributed by atoms with Crippen LogP contribution in [0.1, 0.15) is 12.8 Å². The molecule has 0 saturated carbocycles. The van der Waals surface area contributed by atoms with Crippen LogP contribution in [0.4, 0.5) is 0 Å². The van der Waals surface area contributed by atoms with E-state index < -0.39 is 0 Å². The quantitative estimate of drug-likeness (QED) is 0.548. The summed E-state index contributed by atoms with van der Waals surface area (Å²) < 4.78 is 0. The molecule has 0 radical (unpaired) electrons. The predicted molar refractivity (Wildman–Crippen MR) is 45.1 cm³/mol. The van der Waals surface area contributed by atoms with Gasteiger partial charge >= 0.3 is 0 Å². The third-order valence-electron chi connectivity index (χ3n) is 2.08. The van der Waals surface area contributed by atoms with Crippen LogP contribution in [0.2, 0.25) is 0 Å². The van der Waals surface area contributed by atoms with Gasteiger partial charge in [0.05, 0.1) is 0 Å². The fourth-order valence-corrected chi connectivity index (χ4v) is 1.47. The fourth-order valence-electron chi connectivity index (χ4n) is 1.47. The molecule has 0 aromatic heterocycles. The number of likely N-dealkylation sites (tertiary alicyclic amines) is 1. The molecule has 1 N–H and O–H groups in total. The molecular formula is C9H15NO. The van der Waals surface area contributed by atoms with Crippen molar-refractivity contribution in [2.24, 2.45) is 5.92 Å². The molecule has 1 saturated heterocycles. The van der Waals surface area contributed by atoms with Crippen molar-refractivity contribution in [3.05, 3.63) is 0 Å². The van der Waals surface area contributed by atoms with Crippen molar-refractivity contribution < 1.29 is 5.11 Å². The summed E-state index contributed by atoms with van der Waals surface area (Å²) in [5.41, 5.74) is 0. The first-order chi connectivity index (χ1) is 5.33. The Kier molecular flexibility index (Phi) is 3.41. The fraction of sp³-hybridized carbons (Fsp3) is 0.778. The van der Waals surface area contributed by atoms with Gasteiger partial charge in [-0.05, 0) is 25.9 Å². The average molecular weight is 153 g/mol. The van der Waals surface area contributed by atoms with Crippen LogP contribution in [0.5, 0.6) is 0 Å². The van der Waals surface area contributed by atoms with Gasteiger partial charge < -0.3 is 10.0 Å². The maximum Gasteiger partial charge on any atom is 0.104 e. The Morgan fingerprint density at radius 2 is 2.36 bits per heavy atom. The maximum atomic E-state index is 8.41. The van der Waals surface area contributed by atoms with Gasteiger partial charge in [0.1, 0.15) is 6.61 Å². The third kappa shape index (κ3) is 2.92. The van der Waals surface area contributed by atoms with Crippen LogP contribution in [0.3, 0.4) is 0 Å². The zero-order chi connectivity index (χ0) is 8.10. The van der Waals surface area contributed by atoms with E-state index in [1.54, 1.807) is 0 Å². The Labute approximate surface area is 68.2 Å². The topological polar surface area (TPSA) is 23.5 Å². The summed E-state index contributed by atoms with van der Waals surface area (Å²) in [5.74, 6) is 6.38. The van der Waals surface area contributed by atoms with Gasteiger partial charge in [-0.25, -0.2) is 0 Å². The van der Waals surface area contributed by atoms with Crippen LogP contribution in [-0.2, 0) is 0 Å². The number of aliphatic hydroxyl groups is 1. The molecule has 0 amide bonds. The second-order valence-electron chi connectivity index (χ2n) is 3.13. The van der Waals surface area contributed by atoms with E-state index in [0.29, 0.717) is 0 Å². The van der Waals surface area contributed by atoms with Gasteiger partial charge in [0, 0.05) is 13.0 Å². The molecule has 2 heteroatoms. The van der Waals surface area contributed by atoms with E-state index in [1.807, 2.05) is 0 Å². The number of aliphatic hydroxyl groups excluding tert-OH is 1. The van der Waals surface area contributed by atoms with E-state index in [9.17, 15) is 0 Å². The molecule has 11 heavy (non-hydrogen) atoms. The van der Waals surface area contributed by atoms with E-state index in [1.165, 1.54) is 19.5 Å². The standard InChI is InChI=1S/C9H15NO/c1-10-6-5-9(8-10)4-2-3-7-11/h9,11H,4-8H2,1H3. The van der Waals surface area contributed by atoms with Crippen LogP contribution >= 0.6 is 0 Å². The molecule has 1 aliphatic heterocycles. The highest BCUT2D eigenvalue weighted by atomic mass is 16.2. The van der Waals surface area contributed by atoms with Crippen molar-refractivity contribution in [1.29, 1.82) is 0 Å². The predicted octanol–water partition coefficient (Wildman–Crippen LogP) is 0.324. The minimum atomic E-state index is 0.00254. The Morgan fingerprint density at radius 3 is 2.91 bits per heavy atom. The molecule has 1 unspecified atom stereocenters. The molecule has 0 bridgehead atoms. The summed E-state index contributed by atoms with van der Waals surface area (Å²) in [6.07, 6.45) is 2.21. The van der Waals surface area contributed by atoms with Gasteiger partial charge in [0.25, 0.3) is 0 Å². The summed E-state index contributed by atoms with van der Waals surface area (Å²) in [6.45, 7) is 2.37. The summed E-state index contributed by atoms with van der Waals surface area (Å²) in [6, 6.07) is 0. The van der Waals surface area contributed by atoms with E-state index >= 15 is 0 Å². The van der Waals surface area contributed by atoms with E-state index in [2.05, 4.69) is 23.8 Å². The van der Waals surface area contributed by atoms with E-state index in [4.69, 9.17) is 5.11 Å². The Bertz CT molecular complexity index is 168. The summed E-state index contributed by atoms with van der Waals surface area (Å²) in [4.78, 5) is 2.32. The molecule has 0 aromatic rings. The molecule has 1 fully saturated rings. The van der Waals surface area contributed by atoms with Crippen LogP contribution in [0.25, 0.3) is 0 Å². The number of hydrogen-bond acceptors (Lipinski definition) is 2. The smallest absolute Gasteiger partial charge is 0.104 e. The van der Waals surface area contributed by atoms with Gasteiger partial charge in [-0.15, -0.1) is 5.92 Å². The van der Waals surface area contributed by atoms with Crippen molar-refractivity contribution in [2.75, 3.05) is 26.7 Å². The normalized spacial score (nSPS) is 24.7. The second kappa shape index (κ2) is 4.38. The van der Waals surface area contributed by atoms with Crippen molar-refractivity contribution in [2.45, 2.75) is 12.8 Å². The first-order valence-electron chi connectivity index (χ1n) is 4.08. The van der Waals surface area contributed by atoms with Crippen molar-refractivity contribution in [3.8, 4) is 11.8 Å². The van der Waals surface area contributed by atoms with Crippen LogP contribution < -0.4 is 0 Å². The average Bonchev–Trinajstić information content (AvgIpc) is 2.37. The Hall–Kier alpha value is -0.520. The summed E-state index contributed by atoms with van der Waals surface area (Å²) in [7, 11) is 2.14. The molecule has 0 spiro atoms. The summed E-state index contributed by atoms with van der Waals surface area (Å²) in [5, 5.41) is 8.41. The lowest BCUT2D eigenvalue weighted by Gasteiger charge is -2.05. The highest BCUT2D eigenvalue weighted by molar-refractivity contribution is 5.00. The van der Waals surface area contributed by atoms with Gasteiger partial charge in [-0.3, -0.25) is 0 Å². The monoisotopic (exact) mass is 153 g/mol. The van der Waals surface area contributed by atoms with E-state index in [0.717, 1.165) is 12.3 Å². The third-order valence-corrected chi connectivity index (χ3v) is 2.08. The Morgan fingerprint density at radius 1 is 1.55 bits per heavy atom. The van der Waals surface area contributed by atoms with Gasteiger partial charge in [0.15, 0.2) is 0 Å². The second-order valence-corrected chi connectivity index (χ2v) is 3.13. The first kappa shape index (κ1) is 8.58. The molecule has 0 aliphatic carbocycles. The van der Waals surface area contributed by atoms with Crippen molar-refractivity contribution >= 4 is 0 Å². The van der Waals surface area contributed by atoms with E-state index in [-0.39, 0.29) is 6.61 Å². The lowest BCUT2D eigenvalue weighted by molar-refractivity contribution is 0.350. The van der Waals surface area contributed by atoms with Crippen molar-refractivity contribution in [1.82, 2.24) is 4.90 Å². The van der Waals surface area contributed by atoms with Crippen LogP contribution in [0, 0.1) is 17.8 Å². The molecule has 1 aliphatic rings. The zero-order valence-corrected chi connectivity index (χ0v) is 7.01. The van der Waals surface area contributed by atoms with Gasteiger partial charge in [0.2, 0.25) is 0 Å². The largest absolute Gasteiger partial charge is 0.384 e. The van der Waals surface area contributed by atoms with Crippen molar-refractivity contribution in [3.63, 3.8) is 0 Å². The minimum absolute atomic E-state index is 0.00254. The molecule has 0 aromatic carbocycles. The van der Waals surface area contributed by atoms with Gasteiger partial charge in [-0.2, -0.15) is 0 Å². The van der Waals surface area contributed by atoms with Gasteiger partial charge in [-0.1, -0.05) is 5.92 Å². The molecule has 1 rings (SSSR count). The minimum Gasteiger partial charge on any atom is -0.384 e. The number of rotatable bonds is 1. The lowest BCUT2D eigenvalue weighted by atomic mass is 10.1. The SMILES string of the molecule is CN1CCC(CC#CCO)C1. The first-order valence-corrected chi connectivity index (χ1v) is 4.08. The zero-order valence-electron chi connectivity index (χ0n) is 7.01. The highest BCUT2D eigenvalue weighted by Gasteiger charge is 2.17. The maximum absolute atomic E-state index is 8.41. The van der Waals surface area contributed by atoms with Crippen LogP contribution in [0.15, 0.2) is 0 Å². The lowest BCUT2D eigenvalue weighted by Crippen LogP contribution is -2.13. The highest BCUT2D eigenvalue weighted by Crippen LogP contribution is 2.16. The van der Waals surface area contributed by atoms with Crippen LogP contribution in [-0.4, -0.2) is 36.8 Å². The molecule has 62 valence electrons.